The second-order valence-electron chi connectivity index (χ2n) is 9.80. The Bertz CT molecular complexity index is 1270. The van der Waals surface area contributed by atoms with Gasteiger partial charge in [-0.25, -0.2) is 4.98 Å². The molecule has 38 heavy (non-hydrogen) atoms. The molecule has 10 heteroatoms. The van der Waals surface area contributed by atoms with Crippen LogP contribution in [-0.4, -0.2) is 81.6 Å². The molecule has 204 valence electrons. The first-order chi connectivity index (χ1) is 18.2. The lowest BCUT2D eigenvalue weighted by atomic mass is 10.0. The van der Waals surface area contributed by atoms with E-state index in [1.54, 1.807) is 0 Å². The Balaban J connectivity index is 1.47. The zero-order chi connectivity index (χ0) is 27.4. The number of aliphatic hydroxyl groups excluding tert-OH is 1. The van der Waals surface area contributed by atoms with E-state index in [1.807, 2.05) is 49.9 Å². The number of β-amino-alcohol motifs (C(OH)–C–C–N with tert-alkyl or cyclic N) is 1. The molecule has 0 spiro atoms. The van der Waals surface area contributed by atoms with E-state index in [0.717, 1.165) is 59.0 Å². The van der Waals surface area contributed by atoms with Gasteiger partial charge in [-0.05, 0) is 69.5 Å². The van der Waals surface area contributed by atoms with Crippen LogP contribution >= 0.6 is 0 Å². The number of benzene rings is 1. The van der Waals surface area contributed by atoms with Crippen LogP contribution in [0.1, 0.15) is 37.6 Å². The number of pyridine rings is 1. The second-order valence-corrected chi connectivity index (χ2v) is 9.80. The number of carbonyl (C=O) groups is 1. The van der Waals surface area contributed by atoms with E-state index in [9.17, 15) is 9.90 Å². The molecule has 0 radical (unpaired) electrons. The minimum absolute atomic E-state index is 0.129. The Morgan fingerprint density at radius 2 is 1.87 bits per heavy atom. The van der Waals surface area contributed by atoms with Crippen LogP contribution < -0.4 is 9.64 Å². The zero-order valence-corrected chi connectivity index (χ0v) is 22.8. The first-order valence-corrected chi connectivity index (χ1v) is 13.2. The molecule has 3 heterocycles. The molecule has 0 unspecified atom stereocenters. The van der Waals surface area contributed by atoms with Gasteiger partial charge >= 0.3 is 5.97 Å². The SMILES string of the molecule is CCc1cc(-c2noc(-c3cc(C)nc(N(CC)CC)c3)n2)cc(C)c1OC[C@@H](O)CN1CC(C(=O)O)C1. The molecule has 1 aromatic carbocycles. The van der Waals surface area contributed by atoms with Crippen molar-refractivity contribution in [2.24, 2.45) is 5.92 Å². The minimum Gasteiger partial charge on any atom is -0.490 e. The predicted octanol–water partition coefficient (Wildman–Crippen LogP) is 3.58. The molecule has 1 fully saturated rings. The second kappa shape index (κ2) is 11.9. The smallest absolute Gasteiger partial charge is 0.309 e. The van der Waals surface area contributed by atoms with Crippen molar-refractivity contribution in [2.45, 2.75) is 47.1 Å². The van der Waals surface area contributed by atoms with Gasteiger partial charge in [0.05, 0.1) is 5.92 Å². The third-order valence-electron chi connectivity index (χ3n) is 6.89. The van der Waals surface area contributed by atoms with Crippen LogP contribution in [-0.2, 0) is 11.2 Å². The summed E-state index contributed by atoms with van der Waals surface area (Å²) in [5, 5.41) is 23.7. The number of anilines is 1. The molecule has 0 amide bonds. The summed E-state index contributed by atoms with van der Waals surface area (Å²) < 4.78 is 11.7. The fourth-order valence-corrected chi connectivity index (χ4v) is 4.79. The summed E-state index contributed by atoms with van der Waals surface area (Å²) in [5.74, 6) is 1.42. The Morgan fingerprint density at radius 1 is 1.13 bits per heavy atom. The summed E-state index contributed by atoms with van der Waals surface area (Å²) >= 11 is 0. The van der Waals surface area contributed by atoms with Gasteiger partial charge < -0.3 is 24.4 Å². The van der Waals surface area contributed by atoms with Crippen LogP contribution in [0.15, 0.2) is 28.8 Å². The van der Waals surface area contributed by atoms with Gasteiger partial charge in [0.2, 0.25) is 5.82 Å². The third-order valence-corrected chi connectivity index (χ3v) is 6.89. The molecule has 1 aliphatic rings. The fourth-order valence-electron chi connectivity index (χ4n) is 4.79. The maximum atomic E-state index is 11.0. The number of rotatable bonds is 12. The number of aliphatic carboxylic acids is 1. The molecule has 1 atom stereocenters. The van der Waals surface area contributed by atoms with E-state index in [2.05, 4.69) is 33.9 Å². The highest BCUT2D eigenvalue weighted by molar-refractivity contribution is 5.71. The number of aryl methyl sites for hydroxylation is 3. The van der Waals surface area contributed by atoms with E-state index >= 15 is 0 Å². The summed E-state index contributed by atoms with van der Waals surface area (Å²) in [4.78, 5) is 24.4. The Morgan fingerprint density at radius 3 is 2.53 bits per heavy atom. The van der Waals surface area contributed by atoms with Crippen LogP contribution in [0.4, 0.5) is 5.82 Å². The van der Waals surface area contributed by atoms with E-state index in [1.165, 1.54) is 0 Å². The van der Waals surface area contributed by atoms with E-state index in [-0.39, 0.29) is 12.5 Å². The minimum atomic E-state index is -0.788. The molecule has 0 aliphatic carbocycles. The van der Waals surface area contributed by atoms with Crippen molar-refractivity contribution in [3.8, 4) is 28.6 Å². The standard InChI is InChI=1S/C28H37N5O5/c1-6-19-11-20(9-17(4)25(19)37-16-23(34)15-32-13-22(14-32)28(35)36)26-30-27(38-31-26)21-10-18(5)29-24(12-21)33(7-2)8-3/h9-12,22-23,34H,6-8,13-16H2,1-5H3,(H,35,36)/t23-/m0/s1. The Kier molecular flexibility index (Phi) is 8.63. The number of nitrogens with zero attached hydrogens (tertiary/aromatic N) is 5. The van der Waals surface area contributed by atoms with Crippen molar-refractivity contribution >= 4 is 11.8 Å². The predicted molar refractivity (Wildman–Crippen MR) is 144 cm³/mol. The van der Waals surface area contributed by atoms with Gasteiger partial charge in [0.25, 0.3) is 5.89 Å². The van der Waals surface area contributed by atoms with Crippen molar-refractivity contribution in [1.29, 1.82) is 0 Å². The number of hydrogen-bond donors (Lipinski definition) is 2. The summed E-state index contributed by atoms with van der Waals surface area (Å²) in [6.07, 6.45) is 0.0203. The first kappa shape index (κ1) is 27.5. The molecule has 10 nitrogen and oxygen atoms in total. The quantitative estimate of drug-likeness (QED) is 0.364. The summed E-state index contributed by atoms with van der Waals surface area (Å²) in [6, 6.07) is 7.87. The Labute approximate surface area is 223 Å². The Hall–Kier alpha value is -3.50. The number of aromatic nitrogens is 3. The van der Waals surface area contributed by atoms with Crippen LogP contribution in [0.5, 0.6) is 5.75 Å². The molecule has 0 saturated carbocycles. The zero-order valence-electron chi connectivity index (χ0n) is 22.8. The normalized spacial score (nSPS) is 14.8. The van der Waals surface area contributed by atoms with Crippen molar-refractivity contribution in [3.63, 3.8) is 0 Å². The average molecular weight is 524 g/mol. The van der Waals surface area contributed by atoms with Crippen LogP contribution in [0, 0.1) is 19.8 Å². The summed E-state index contributed by atoms with van der Waals surface area (Å²) in [7, 11) is 0. The van der Waals surface area contributed by atoms with Gasteiger partial charge in [0, 0.05) is 49.5 Å². The molecule has 4 rings (SSSR count). The number of carboxylic acid groups (broad SMARTS) is 1. The molecule has 2 aromatic heterocycles. The van der Waals surface area contributed by atoms with Crippen molar-refractivity contribution in [3.05, 3.63) is 41.1 Å². The summed E-state index contributed by atoms with van der Waals surface area (Å²) in [5.41, 5.74) is 4.44. The molecule has 0 bridgehead atoms. The molecule has 3 aromatic rings. The van der Waals surface area contributed by atoms with Crippen molar-refractivity contribution in [2.75, 3.05) is 44.2 Å². The van der Waals surface area contributed by atoms with Gasteiger partial charge in [0.15, 0.2) is 0 Å². The lowest BCUT2D eigenvalue weighted by Gasteiger charge is -2.37. The molecule has 1 aliphatic heterocycles. The van der Waals surface area contributed by atoms with Crippen LogP contribution in [0.2, 0.25) is 0 Å². The molecule has 2 N–H and O–H groups in total. The van der Waals surface area contributed by atoms with Gasteiger partial charge in [-0.2, -0.15) is 4.98 Å². The summed E-state index contributed by atoms with van der Waals surface area (Å²) in [6.45, 7) is 13.3. The molecule has 1 saturated heterocycles. The number of ether oxygens (including phenoxy) is 1. The lowest BCUT2D eigenvalue weighted by Crippen LogP contribution is -2.53. The van der Waals surface area contributed by atoms with Gasteiger partial charge in [-0.1, -0.05) is 12.1 Å². The number of carboxylic acids is 1. The topological polar surface area (TPSA) is 125 Å². The third kappa shape index (κ3) is 6.14. The highest BCUT2D eigenvalue weighted by atomic mass is 16.5. The lowest BCUT2D eigenvalue weighted by molar-refractivity contribution is -0.148. The van der Waals surface area contributed by atoms with Gasteiger partial charge in [-0.15, -0.1) is 0 Å². The van der Waals surface area contributed by atoms with Gasteiger partial charge in [0.1, 0.15) is 24.3 Å². The molecular formula is C28H37N5O5. The van der Waals surface area contributed by atoms with Crippen LogP contribution in [0.25, 0.3) is 22.8 Å². The largest absolute Gasteiger partial charge is 0.490 e. The average Bonchev–Trinajstić information content (AvgIpc) is 3.35. The van der Waals surface area contributed by atoms with Crippen LogP contribution in [0.3, 0.4) is 0 Å². The number of aliphatic hydroxyl groups is 1. The fraction of sp³-hybridized carbons (Fsp3) is 0.500. The number of likely N-dealkylation sites (tertiary alicyclic amines) is 1. The number of hydrogen-bond acceptors (Lipinski definition) is 9. The highest BCUT2D eigenvalue weighted by Crippen LogP contribution is 2.32. The van der Waals surface area contributed by atoms with Crippen molar-refractivity contribution < 1.29 is 24.3 Å². The molecular weight excluding hydrogens is 486 g/mol. The van der Waals surface area contributed by atoms with E-state index < -0.39 is 12.1 Å². The maximum Gasteiger partial charge on any atom is 0.309 e. The van der Waals surface area contributed by atoms with Crippen molar-refractivity contribution in [1.82, 2.24) is 20.0 Å². The first-order valence-electron chi connectivity index (χ1n) is 13.2. The maximum absolute atomic E-state index is 11.0. The highest BCUT2D eigenvalue weighted by Gasteiger charge is 2.33. The van der Waals surface area contributed by atoms with Gasteiger partial charge in [-0.3, -0.25) is 9.69 Å². The van der Waals surface area contributed by atoms with E-state index in [0.29, 0.717) is 31.3 Å². The monoisotopic (exact) mass is 523 g/mol. The van der Waals surface area contributed by atoms with E-state index in [4.69, 9.17) is 14.4 Å².